The number of fused-ring (bicyclic) bond motifs is 1. The van der Waals surface area contributed by atoms with Crippen LogP contribution in [0.25, 0.3) is 0 Å². The molecule has 2 fully saturated rings. The Kier molecular flexibility index (Phi) is 3.39. The fraction of sp³-hybridized carbons (Fsp3) is 0.500. The molecule has 0 spiro atoms. The molecule has 18 heavy (non-hydrogen) atoms. The molecule has 0 bridgehead atoms. The maximum absolute atomic E-state index is 11.7. The molecule has 0 aromatic heterocycles. The highest BCUT2D eigenvalue weighted by Crippen LogP contribution is 2.29. The fourth-order valence-corrected chi connectivity index (χ4v) is 3.49. The first kappa shape index (κ1) is 12.2. The smallest absolute Gasteiger partial charge is 0.224 e. The summed E-state index contributed by atoms with van der Waals surface area (Å²) in [4.78, 5) is 14.2. The second-order valence-corrected chi connectivity index (χ2v) is 5.98. The summed E-state index contributed by atoms with van der Waals surface area (Å²) in [5, 5.41) is 3.00. The number of amides is 1. The standard InChI is InChI=1S/C14H17BrN2O/c15-12-6-2-1-4-10(12)9-17-7-3-5-11-13(17)8-16-14(11)18/h1-2,4,6,11,13H,3,5,7-9H2,(H,16,18). The third-order valence-corrected chi connectivity index (χ3v) is 4.82. The van der Waals surface area contributed by atoms with E-state index < -0.39 is 0 Å². The molecule has 3 nitrogen and oxygen atoms in total. The van der Waals surface area contributed by atoms with Gasteiger partial charge in [-0.25, -0.2) is 0 Å². The molecule has 2 aliphatic rings. The summed E-state index contributed by atoms with van der Waals surface area (Å²) in [5.41, 5.74) is 1.30. The maximum atomic E-state index is 11.7. The lowest BCUT2D eigenvalue weighted by Gasteiger charge is -2.36. The molecule has 0 radical (unpaired) electrons. The molecule has 96 valence electrons. The average molecular weight is 309 g/mol. The number of piperidine rings is 1. The summed E-state index contributed by atoms with van der Waals surface area (Å²) in [6.07, 6.45) is 2.17. The second kappa shape index (κ2) is 5.02. The van der Waals surface area contributed by atoms with Gasteiger partial charge in [-0.1, -0.05) is 34.1 Å². The molecule has 2 aliphatic heterocycles. The lowest BCUT2D eigenvalue weighted by molar-refractivity contribution is -0.124. The van der Waals surface area contributed by atoms with Gasteiger partial charge in [0.05, 0.1) is 5.92 Å². The number of hydrogen-bond donors (Lipinski definition) is 1. The number of likely N-dealkylation sites (tertiary alicyclic amines) is 1. The molecule has 1 amide bonds. The van der Waals surface area contributed by atoms with Crippen LogP contribution in [0.3, 0.4) is 0 Å². The first-order valence-electron chi connectivity index (χ1n) is 6.51. The first-order valence-corrected chi connectivity index (χ1v) is 7.30. The summed E-state index contributed by atoms with van der Waals surface area (Å²) in [6.45, 7) is 2.84. The van der Waals surface area contributed by atoms with Crippen LogP contribution in [-0.2, 0) is 11.3 Å². The minimum atomic E-state index is 0.209. The number of nitrogens with zero attached hydrogens (tertiary/aromatic N) is 1. The van der Waals surface area contributed by atoms with Crippen LogP contribution >= 0.6 is 15.9 Å². The van der Waals surface area contributed by atoms with Gasteiger partial charge in [-0.15, -0.1) is 0 Å². The molecule has 2 heterocycles. The van der Waals surface area contributed by atoms with Crippen molar-refractivity contribution in [3.63, 3.8) is 0 Å². The predicted octanol–water partition coefficient (Wildman–Crippen LogP) is 2.16. The Labute approximate surface area is 116 Å². The van der Waals surface area contributed by atoms with Crippen LogP contribution in [0, 0.1) is 5.92 Å². The van der Waals surface area contributed by atoms with Gasteiger partial charge in [0.25, 0.3) is 0 Å². The Bertz CT molecular complexity index is 463. The van der Waals surface area contributed by atoms with Crippen LogP contribution in [0.4, 0.5) is 0 Å². The fourth-order valence-electron chi connectivity index (χ4n) is 3.08. The van der Waals surface area contributed by atoms with Gasteiger partial charge >= 0.3 is 0 Å². The van der Waals surface area contributed by atoms with Crippen molar-refractivity contribution < 1.29 is 4.79 Å². The molecule has 4 heteroatoms. The highest BCUT2D eigenvalue weighted by atomic mass is 79.9. The van der Waals surface area contributed by atoms with E-state index in [0.29, 0.717) is 6.04 Å². The molecule has 2 atom stereocenters. The lowest BCUT2D eigenvalue weighted by atomic mass is 9.91. The van der Waals surface area contributed by atoms with Gasteiger partial charge in [-0.2, -0.15) is 0 Å². The molecular weight excluding hydrogens is 292 g/mol. The Morgan fingerprint density at radius 3 is 3.06 bits per heavy atom. The van der Waals surface area contributed by atoms with Crippen LogP contribution in [0.1, 0.15) is 18.4 Å². The molecule has 1 N–H and O–H groups in total. The van der Waals surface area contributed by atoms with E-state index in [0.717, 1.165) is 36.9 Å². The summed E-state index contributed by atoms with van der Waals surface area (Å²) in [5.74, 6) is 0.457. The number of rotatable bonds is 2. The van der Waals surface area contributed by atoms with Crippen molar-refractivity contribution >= 4 is 21.8 Å². The number of carbonyl (C=O) groups excluding carboxylic acids is 1. The van der Waals surface area contributed by atoms with E-state index in [1.165, 1.54) is 5.56 Å². The highest BCUT2D eigenvalue weighted by molar-refractivity contribution is 9.10. The molecule has 3 rings (SSSR count). The summed E-state index contributed by atoms with van der Waals surface area (Å²) < 4.78 is 1.16. The van der Waals surface area contributed by atoms with E-state index in [-0.39, 0.29) is 11.8 Å². The number of hydrogen-bond acceptors (Lipinski definition) is 2. The molecule has 0 aliphatic carbocycles. The van der Waals surface area contributed by atoms with Gasteiger partial charge < -0.3 is 5.32 Å². The lowest BCUT2D eigenvalue weighted by Crippen LogP contribution is -2.44. The Hall–Kier alpha value is -0.870. The zero-order valence-electron chi connectivity index (χ0n) is 10.2. The summed E-state index contributed by atoms with van der Waals surface area (Å²) in [7, 11) is 0. The van der Waals surface area contributed by atoms with Gasteiger partial charge in [-0.3, -0.25) is 9.69 Å². The third kappa shape index (κ3) is 2.19. The van der Waals surface area contributed by atoms with Crippen molar-refractivity contribution in [2.75, 3.05) is 13.1 Å². The van der Waals surface area contributed by atoms with Gasteiger partial charge in [-0.05, 0) is 31.0 Å². The van der Waals surface area contributed by atoms with E-state index in [4.69, 9.17) is 0 Å². The van der Waals surface area contributed by atoms with Crippen LogP contribution < -0.4 is 5.32 Å². The summed E-state index contributed by atoms with van der Waals surface area (Å²) in [6, 6.07) is 8.72. The van der Waals surface area contributed by atoms with E-state index >= 15 is 0 Å². The van der Waals surface area contributed by atoms with Gasteiger partial charge in [0.15, 0.2) is 0 Å². The SMILES string of the molecule is O=C1NCC2C1CCCN2Cc1ccccc1Br. The van der Waals surface area contributed by atoms with Crippen molar-refractivity contribution in [3.05, 3.63) is 34.3 Å². The zero-order chi connectivity index (χ0) is 12.5. The minimum Gasteiger partial charge on any atom is -0.354 e. The van der Waals surface area contributed by atoms with Crippen LogP contribution in [0.2, 0.25) is 0 Å². The van der Waals surface area contributed by atoms with Crippen molar-refractivity contribution in [2.24, 2.45) is 5.92 Å². The molecular formula is C14H17BrN2O. The van der Waals surface area contributed by atoms with Gasteiger partial charge in [0, 0.05) is 23.6 Å². The van der Waals surface area contributed by atoms with Gasteiger partial charge in [0.2, 0.25) is 5.91 Å². The largest absolute Gasteiger partial charge is 0.354 e. The quantitative estimate of drug-likeness (QED) is 0.908. The van der Waals surface area contributed by atoms with E-state index in [2.05, 4.69) is 44.3 Å². The number of halogens is 1. The van der Waals surface area contributed by atoms with Crippen molar-refractivity contribution in [1.29, 1.82) is 0 Å². The van der Waals surface area contributed by atoms with Crippen molar-refractivity contribution in [2.45, 2.75) is 25.4 Å². The van der Waals surface area contributed by atoms with Gasteiger partial charge in [0.1, 0.15) is 0 Å². The monoisotopic (exact) mass is 308 g/mol. The normalized spacial score (nSPS) is 27.9. The minimum absolute atomic E-state index is 0.209. The Balaban J connectivity index is 1.76. The zero-order valence-corrected chi connectivity index (χ0v) is 11.8. The number of carbonyl (C=O) groups is 1. The van der Waals surface area contributed by atoms with E-state index in [1.54, 1.807) is 0 Å². The van der Waals surface area contributed by atoms with Crippen molar-refractivity contribution in [1.82, 2.24) is 10.2 Å². The van der Waals surface area contributed by atoms with E-state index in [9.17, 15) is 4.79 Å². The predicted molar refractivity (Wildman–Crippen MR) is 74.1 cm³/mol. The van der Waals surface area contributed by atoms with Crippen molar-refractivity contribution in [3.8, 4) is 0 Å². The Morgan fingerprint density at radius 1 is 1.39 bits per heavy atom. The number of nitrogens with one attached hydrogen (secondary N) is 1. The highest BCUT2D eigenvalue weighted by Gasteiger charge is 2.40. The third-order valence-electron chi connectivity index (χ3n) is 4.05. The first-order chi connectivity index (χ1) is 8.75. The van der Waals surface area contributed by atoms with Crippen LogP contribution in [0.15, 0.2) is 28.7 Å². The molecule has 0 saturated carbocycles. The second-order valence-electron chi connectivity index (χ2n) is 5.12. The van der Waals surface area contributed by atoms with Crippen LogP contribution in [-0.4, -0.2) is 29.9 Å². The summed E-state index contributed by atoms with van der Waals surface area (Å²) >= 11 is 3.60. The molecule has 1 aromatic rings. The maximum Gasteiger partial charge on any atom is 0.224 e. The molecule has 2 saturated heterocycles. The Morgan fingerprint density at radius 2 is 2.22 bits per heavy atom. The van der Waals surface area contributed by atoms with Crippen LogP contribution in [0.5, 0.6) is 0 Å². The molecule has 2 unspecified atom stereocenters. The topological polar surface area (TPSA) is 32.3 Å². The molecule has 1 aromatic carbocycles. The average Bonchev–Trinajstić information content (AvgIpc) is 2.76. The number of benzene rings is 1. The van der Waals surface area contributed by atoms with E-state index in [1.807, 2.05) is 6.07 Å².